The Kier molecular flexibility index (Phi) is 13.2. The van der Waals surface area contributed by atoms with Crippen molar-refractivity contribution < 1.29 is 4.57 Å². The molecule has 0 spiro atoms. The normalized spacial score (nSPS) is 11.8. The summed E-state index contributed by atoms with van der Waals surface area (Å²) in [4.78, 5) is 0. The highest BCUT2D eigenvalue weighted by Crippen LogP contribution is 2.25. The summed E-state index contributed by atoms with van der Waals surface area (Å²) in [6.07, 6.45) is 14.8. The second-order valence-corrected chi connectivity index (χ2v) is 6.62. The van der Waals surface area contributed by atoms with E-state index in [0.717, 1.165) is 12.3 Å². The van der Waals surface area contributed by atoms with Gasteiger partial charge in [-0.3, -0.25) is 0 Å². The van der Waals surface area contributed by atoms with E-state index < -0.39 is 7.80 Å². The van der Waals surface area contributed by atoms with Crippen LogP contribution in [0.5, 0.6) is 0 Å². The molecule has 0 aliphatic rings. The van der Waals surface area contributed by atoms with E-state index in [0.29, 0.717) is 0 Å². The smallest absolute Gasteiger partial charge is 0.0748 e. The van der Waals surface area contributed by atoms with Crippen LogP contribution in [0.25, 0.3) is 0 Å². The summed E-state index contributed by atoms with van der Waals surface area (Å²) in [5.41, 5.74) is 0. The topological polar surface area (TPSA) is 17.1 Å². The summed E-state index contributed by atoms with van der Waals surface area (Å²) in [5.74, 6) is 0. The maximum atomic E-state index is 11.6. The van der Waals surface area contributed by atoms with Gasteiger partial charge in [-0.1, -0.05) is 56.9 Å². The average molecular weight is 245 g/mol. The van der Waals surface area contributed by atoms with Crippen LogP contribution in [-0.4, -0.2) is 12.3 Å². The third-order valence-corrected chi connectivity index (χ3v) is 4.65. The predicted molar refractivity (Wildman–Crippen MR) is 74.9 cm³/mol. The van der Waals surface area contributed by atoms with Gasteiger partial charge in [0.05, 0.1) is 0 Å². The summed E-state index contributed by atoms with van der Waals surface area (Å²) in [6.45, 7) is 4.46. The maximum absolute atomic E-state index is 11.6. The Labute approximate surface area is 103 Å². The molecule has 16 heavy (non-hydrogen) atoms. The van der Waals surface area contributed by atoms with Crippen LogP contribution in [0.2, 0.25) is 0 Å². The van der Waals surface area contributed by atoms with E-state index in [9.17, 15) is 4.57 Å². The molecule has 0 aliphatic carbocycles. The van der Waals surface area contributed by atoms with Crippen LogP contribution in [0.1, 0.15) is 78.1 Å². The van der Waals surface area contributed by atoms with Crippen molar-refractivity contribution in [2.24, 2.45) is 0 Å². The van der Waals surface area contributed by atoms with Gasteiger partial charge < -0.3 is 0 Å². The van der Waals surface area contributed by atoms with Gasteiger partial charge in [-0.2, -0.15) is 0 Å². The molecule has 0 bridgehead atoms. The zero-order valence-corrected chi connectivity index (χ0v) is 12.2. The number of hydrogen-bond acceptors (Lipinski definition) is 1. The predicted octanol–water partition coefficient (Wildman–Crippen LogP) is 5.75. The molecule has 0 aliphatic heterocycles. The third kappa shape index (κ3) is 12.2. The lowest BCUT2D eigenvalue weighted by Crippen LogP contribution is -1.86. The van der Waals surface area contributed by atoms with Gasteiger partial charge in [0.2, 0.25) is 0 Å². The molecular formula is C14H30OP+. The van der Waals surface area contributed by atoms with Crippen molar-refractivity contribution in [1.29, 1.82) is 0 Å². The van der Waals surface area contributed by atoms with Gasteiger partial charge in [0.1, 0.15) is 12.3 Å². The molecule has 0 N–H and O–H groups in total. The molecule has 1 unspecified atom stereocenters. The van der Waals surface area contributed by atoms with Crippen LogP contribution in [0.4, 0.5) is 0 Å². The van der Waals surface area contributed by atoms with Crippen LogP contribution >= 0.6 is 7.80 Å². The molecule has 0 aromatic rings. The van der Waals surface area contributed by atoms with Crippen LogP contribution in [-0.2, 0) is 4.57 Å². The van der Waals surface area contributed by atoms with E-state index in [1.807, 2.05) is 0 Å². The highest BCUT2D eigenvalue weighted by molar-refractivity contribution is 7.44. The number of rotatable bonds is 12. The first-order valence-corrected chi connectivity index (χ1v) is 8.86. The molecule has 96 valence electrons. The fourth-order valence-corrected chi connectivity index (χ4v) is 3.27. The van der Waals surface area contributed by atoms with Gasteiger partial charge in [0.15, 0.2) is 0 Å². The van der Waals surface area contributed by atoms with Crippen molar-refractivity contribution in [2.45, 2.75) is 78.1 Å². The van der Waals surface area contributed by atoms with Gasteiger partial charge >= 0.3 is 7.80 Å². The Morgan fingerprint density at radius 3 is 1.50 bits per heavy atom. The molecule has 0 heterocycles. The Morgan fingerprint density at radius 1 is 0.625 bits per heavy atom. The van der Waals surface area contributed by atoms with Crippen molar-refractivity contribution >= 4 is 7.80 Å². The van der Waals surface area contributed by atoms with Gasteiger partial charge in [-0.25, -0.2) is 0 Å². The fraction of sp³-hybridized carbons (Fsp3) is 1.00. The summed E-state index contributed by atoms with van der Waals surface area (Å²) in [6, 6.07) is 0. The van der Waals surface area contributed by atoms with Crippen molar-refractivity contribution in [1.82, 2.24) is 0 Å². The lowest BCUT2D eigenvalue weighted by molar-refractivity contribution is 0.577. The minimum atomic E-state index is -0.872. The van der Waals surface area contributed by atoms with E-state index in [4.69, 9.17) is 0 Å². The van der Waals surface area contributed by atoms with Crippen molar-refractivity contribution in [2.75, 3.05) is 12.3 Å². The van der Waals surface area contributed by atoms with Crippen LogP contribution in [0.15, 0.2) is 0 Å². The van der Waals surface area contributed by atoms with E-state index >= 15 is 0 Å². The first-order chi connectivity index (χ1) is 7.81. The standard InChI is InChI=1S/C14H30OP/c1-3-5-7-9-10-12-14-16(15)13-11-8-6-4-2/h3-14H2,1-2H3/q+1. The van der Waals surface area contributed by atoms with Crippen LogP contribution < -0.4 is 0 Å². The van der Waals surface area contributed by atoms with Crippen molar-refractivity contribution in [3.8, 4) is 0 Å². The highest BCUT2D eigenvalue weighted by atomic mass is 31.1. The fourth-order valence-electron chi connectivity index (χ4n) is 1.90. The molecule has 0 saturated carbocycles. The lowest BCUT2D eigenvalue weighted by Gasteiger charge is -1.96. The Balaban J connectivity index is 3.11. The molecular weight excluding hydrogens is 215 g/mol. The van der Waals surface area contributed by atoms with Crippen LogP contribution in [0.3, 0.4) is 0 Å². The van der Waals surface area contributed by atoms with Crippen molar-refractivity contribution in [3.63, 3.8) is 0 Å². The molecule has 2 heteroatoms. The molecule has 0 fully saturated rings. The molecule has 0 amide bonds. The molecule has 0 aromatic heterocycles. The zero-order chi connectivity index (χ0) is 12.1. The highest BCUT2D eigenvalue weighted by Gasteiger charge is 2.12. The summed E-state index contributed by atoms with van der Waals surface area (Å²) >= 11 is 0. The second kappa shape index (κ2) is 13.2. The summed E-state index contributed by atoms with van der Waals surface area (Å²) in [5, 5.41) is 0. The van der Waals surface area contributed by atoms with Crippen molar-refractivity contribution in [3.05, 3.63) is 0 Å². The molecule has 1 nitrogen and oxygen atoms in total. The van der Waals surface area contributed by atoms with Gasteiger partial charge in [-0.15, -0.1) is 0 Å². The van der Waals surface area contributed by atoms with Gasteiger partial charge in [0.25, 0.3) is 0 Å². The van der Waals surface area contributed by atoms with Crippen LogP contribution in [0, 0.1) is 0 Å². The lowest BCUT2D eigenvalue weighted by atomic mass is 10.1. The first-order valence-electron chi connectivity index (χ1n) is 7.23. The Hall–Kier alpha value is 0.100. The van der Waals surface area contributed by atoms with Gasteiger partial charge in [0, 0.05) is 0 Å². The third-order valence-electron chi connectivity index (χ3n) is 3.02. The quantitative estimate of drug-likeness (QED) is 0.316. The number of hydrogen-bond donors (Lipinski definition) is 0. The van der Waals surface area contributed by atoms with E-state index in [1.54, 1.807) is 0 Å². The average Bonchev–Trinajstić information content (AvgIpc) is 2.29. The molecule has 1 atom stereocenters. The molecule has 0 aromatic carbocycles. The van der Waals surface area contributed by atoms with E-state index in [1.165, 1.54) is 64.2 Å². The molecule has 0 rings (SSSR count). The molecule has 0 saturated heterocycles. The largest absolute Gasteiger partial charge is 0.338 e. The zero-order valence-electron chi connectivity index (χ0n) is 11.3. The van der Waals surface area contributed by atoms with E-state index in [2.05, 4.69) is 13.8 Å². The SMILES string of the molecule is CCCCCCCC[P+](=O)CCCCCC. The van der Waals surface area contributed by atoms with E-state index in [-0.39, 0.29) is 0 Å². The minimum absolute atomic E-state index is 0.872. The molecule has 0 radical (unpaired) electrons. The maximum Gasteiger partial charge on any atom is 0.338 e. The number of unbranched alkanes of at least 4 members (excludes halogenated alkanes) is 8. The van der Waals surface area contributed by atoms with Gasteiger partial charge in [-0.05, 0) is 25.7 Å². The Morgan fingerprint density at radius 2 is 1.00 bits per heavy atom. The summed E-state index contributed by atoms with van der Waals surface area (Å²) in [7, 11) is -0.872. The second-order valence-electron chi connectivity index (χ2n) is 4.76. The minimum Gasteiger partial charge on any atom is -0.0748 e. The first kappa shape index (κ1) is 16.1. The summed E-state index contributed by atoms with van der Waals surface area (Å²) < 4.78 is 11.6. The Bertz CT molecular complexity index is 157. The monoisotopic (exact) mass is 245 g/mol.